The van der Waals surface area contributed by atoms with Gasteiger partial charge in [-0.1, -0.05) is 30.4 Å². The third-order valence-electron chi connectivity index (χ3n) is 7.07. The summed E-state index contributed by atoms with van der Waals surface area (Å²) in [6, 6.07) is 6.64. The molecule has 4 unspecified atom stereocenters. The van der Waals surface area contributed by atoms with Crippen LogP contribution in [0.4, 0.5) is 4.39 Å². The van der Waals surface area contributed by atoms with Crippen LogP contribution < -0.4 is 10.1 Å². The summed E-state index contributed by atoms with van der Waals surface area (Å²) in [5.74, 6) is -1.44. The normalized spacial score (nSPS) is 28.3. The highest BCUT2D eigenvalue weighted by Crippen LogP contribution is 2.43. The number of likely N-dealkylation sites (tertiary alicyclic amines) is 1. The maximum Gasteiger partial charge on any atom is 0.303 e. The molecule has 3 aliphatic rings. The van der Waals surface area contributed by atoms with Crippen molar-refractivity contribution < 1.29 is 33.4 Å². The van der Waals surface area contributed by atoms with Crippen molar-refractivity contribution >= 4 is 18.3 Å². The number of morpholine rings is 1. The van der Waals surface area contributed by atoms with Gasteiger partial charge in [0.05, 0.1) is 24.8 Å². The zero-order chi connectivity index (χ0) is 25.0. The molecule has 0 bridgehead atoms. The number of carboxylic acids is 1. The van der Waals surface area contributed by atoms with Gasteiger partial charge < -0.3 is 24.8 Å². The number of hydrogen-bond acceptors (Lipinski definition) is 5. The molecule has 1 spiro atoms. The molecule has 1 aromatic rings. The molecule has 2 fully saturated rings. The number of allylic oxidation sites excluding steroid dienone is 3. The maximum atomic E-state index is 16.0. The van der Waals surface area contributed by atoms with Gasteiger partial charge in [0.1, 0.15) is 18.2 Å². The van der Waals surface area contributed by atoms with Crippen LogP contribution in [0.5, 0.6) is 5.75 Å². The molecular weight excluding hydrogens is 455 g/mol. The lowest BCUT2D eigenvalue weighted by Crippen LogP contribution is -2.63. The lowest BCUT2D eigenvalue weighted by molar-refractivity contribution is -0.138. The molecule has 4 rings (SSSR count). The average molecular weight is 487 g/mol. The van der Waals surface area contributed by atoms with Crippen LogP contribution in [-0.4, -0.2) is 65.7 Å². The number of para-hydroxylation sites is 1. The molecule has 35 heavy (non-hydrogen) atoms. The van der Waals surface area contributed by atoms with Crippen LogP contribution in [0.15, 0.2) is 47.8 Å². The van der Waals surface area contributed by atoms with Gasteiger partial charge in [0.25, 0.3) is 0 Å². The van der Waals surface area contributed by atoms with Gasteiger partial charge in [-0.25, -0.2) is 4.39 Å². The highest BCUT2D eigenvalue weighted by atomic mass is 19.1. The highest BCUT2D eigenvalue weighted by molar-refractivity contribution is 5.79. The van der Waals surface area contributed by atoms with Gasteiger partial charge in [0.2, 0.25) is 12.3 Å². The van der Waals surface area contributed by atoms with E-state index in [-0.39, 0.29) is 50.4 Å². The van der Waals surface area contributed by atoms with E-state index in [1.165, 1.54) is 0 Å². The number of amides is 2. The highest BCUT2D eigenvalue weighted by Gasteiger charge is 2.53. The van der Waals surface area contributed by atoms with Crippen molar-refractivity contribution in [1.82, 2.24) is 10.2 Å². The van der Waals surface area contributed by atoms with Gasteiger partial charge in [-0.2, -0.15) is 0 Å². The number of benzene rings is 1. The van der Waals surface area contributed by atoms with Crippen LogP contribution in [0, 0.1) is 0 Å². The van der Waals surface area contributed by atoms with Crippen molar-refractivity contribution in [3.05, 3.63) is 53.4 Å². The fourth-order valence-corrected chi connectivity index (χ4v) is 5.50. The van der Waals surface area contributed by atoms with Crippen molar-refractivity contribution in [3.63, 3.8) is 0 Å². The quantitative estimate of drug-likeness (QED) is 0.411. The van der Waals surface area contributed by atoms with Crippen LogP contribution in [0.1, 0.15) is 50.5 Å². The van der Waals surface area contributed by atoms with Gasteiger partial charge in [-0.05, 0) is 44.2 Å². The zero-order valence-corrected chi connectivity index (χ0v) is 19.7. The number of halogens is 1. The second kappa shape index (κ2) is 10.6. The van der Waals surface area contributed by atoms with Crippen molar-refractivity contribution in [2.75, 3.05) is 19.8 Å². The molecule has 2 amide bonds. The largest absolute Gasteiger partial charge is 0.493 e. The first-order chi connectivity index (χ1) is 16.8. The Labute approximate surface area is 203 Å². The molecule has 1 aromatic carbocycles. The minimum Gasteiger partial charge on any atom is -0.493 e. The van der Waals surface area contributed by atoms with E-state index in [2.05, 4.69) is 5.32 Å². The van der Waals surface area contributed by atoms with Crippen LogP contribution in [-0.2, 0) is 19.1 Å². The number of ether oxygens (including phenoxy) is 2. The van der Waals surface area contributed by atoms with E-state index >= 15 is 4.39 Å². The summed E-state index contributed by atoms with van der Waals surface area (Å²) in [5.41, 5.74) is 0.416. The number of carboxylic acid groups (broad SMARTS) is 1. The van der Waals surface area contributed by atoms with Gasteiger partial charge >= 0.3 is 5.97 Å². The Hall–Kier alpha value is -3.20. The predicted octanol–water partition coefficient (Wildman–Crippen LogP) is 3.09. The Balaban J connectivity index is 1.58. The molecule has 9 heteroatoms. The lowest BCUT2D eigenvalue weighted by atomic mass is 9.81. The molecule has 1 aliphatic carbocycles. The van der Waals surface area contributed by atoms with Crippen LogP contribution in [0.3, 0.4) is 0 Å². The molecule has 2 heterocycles. The summed E-state index contributed by atoms with van der Waals surface area (Å²) < 4.78 is 27.3. The average Bonchev–Trinajstić information content (AvgIpc) is 3.07. The minimum atomic E-state index is -0.888. The summed E-state index contributed by atoms with van der Waals surface area (Å²) in [5, 5.41) is 11.9. The van der Waals surface area contributed by atoms with Crippen LogP contribution >= 0.6 is 0 Å². The molecule has 2 saturated heterocycles. The third kappa shape index (κ3) is 5.24. The first kappa shape index (κ1) is 24.9. The van der Waals surface area contributed by atoms with Crippen molar-refractivity contribution in [2.24, 2.45) is 0 Å². The molecule has 0 saturated carbocycles. The van der Waals surface area contributed by atoms with E-state index in [0.717, 1.165) is 6.41 Å². The molecule has 8 nitrogen and oxygen atoms in total. The number of hydrogen-bond donors (Lipinski definition) is 2. The fourth-order valence-electron chi connectivity index (χ4n) is 5.50. The van der Waals surface area contributed by atoms with E-state index in [1.807, 2.05) is 25.1 Å². The topological polar surface area (TPSA) is 105 Å². The van der Waals surface area contributed by atoms with E-state index in [0.29, 0.717) is 36.1 Å². The van der Waals surface area contributed by atoms with E-state index in [9.17, 15) is 14.4 Å². The van der Waals surface area contributed by atoms with Gasteiger partial charge in [-0.15, -0.1) is 0 Å². The molecule has 4 atom stereocenters. The van der Waals surface area contributed by atoms with Gasteiger partial charge in [0.15, 0.2) is 0 Å². The van der Waals surface area contributed by atoms with Gasteiger partial charge in [0, 0.05) is 23.9 Å². The Morgan fingerprint density at radius 2 is 2.20 bits per heavy atom. The second-order valence-electron chi connectivity index (χ2n) is 9.47. The number of nitrogens with zero attached hydrogens (tertiary/aromatic N) is 1. The summed E-state index contributed by atoms with van der Waals surface area (Å²) in [7, 11) is 0. The SMILES string of the molecule is CC1CC2(COCC(=O)N2)C(CC2=C(F)C(c3ccccc3OCCCC(=O)O)CC=C2)N1C=O. The summed E-state index contributed by atoms with van der Waals surface area (Å²) in [4.78, 5) is 36.5. The number of rotatable bonds is 9. The predicted molar refractivity (Wildman–Crippen MR) is 126 cm³/mol. The maximum absolute atomic E-state index is 16.0. The third-order valence-corrected chi connectivity index (χ3v) is 7.07. The first-order valence-corrected chi connectivity index (χ1v) is 11.9. The Bertz CT molecular complexity index is 1040. The zero-order valence-electron chi connectivity index (χ0n) is 19.7. The van der Waals surface area contributed by atoms with Crippen molar-refractivity contribution in [1.29, 1.82) is 0 Å². The van der Waals surface area contributed by atoms with Crippen LogP contribution in [0.25, 0.3) is 0 Å². The molecule has 2 N–H and O–H groups in total. The minimum absolute atomic E-state index is 0.00178. The Morgan fingerprint density at radius 3 is 2.94 bits per heavy atom. The number of nitrogens with one attached hydrogen (secondary N) is 1. The molecule has 0 aromatic heterocycles. The van der Waals surface area contributed by atoms with E-state index < -0.39 is 23.5 Å². The molecule has 0 radical (unpaired) electrons. The monoisotopic (exact) mass is 486 g/mol. The summed E-state index contributed by atoms with van der Waals surface area (Å²) >= 11 is 0. The first-order valence-electron chi connectivity index (χ1n) is 11.9. The van der Waals surface area contributed by atoms with Gasteiger partial charge in [-0.3, -0.25) is 14.4 Å². The molecule has 2 aliphatic heterocycles. The number of carbonyl (C=O) groups is 3. The lowest BCUT2D eigenvalue weighted by Gasteiger charge is -2.40. The van der Waals surface area contributed by atoms with Crippen molar-refractivity contribution in [2.45, 2.75) is 62.6 Å². The summed E-state index contributed by atoms with van der Waals surface area (Å²) in [6.45, 7) is 2.39. The Kier molecular flexibility index (Phi) is 7.54. The number of aliphatic carboxylic acids is 1. The summed E-state index contributed by atoms with van der Waals surface area (Å²) in [6.07, 6.45) is 6.03. The van der Waals surface area contributed by atoms with E-state index in [1.54, 1.807) is 23.1 Å². The standard InChI is InChI=1S/C26H31FN2O6/c1-17-13-26(15-34-14-23(31)28-26)22(29(17)16-30)12-18-6-4-8-20(25(18)27)19-7-2-3-9-21(19)35-11-5-10-24(32)33/h2-4,6-7,9,16-17,20,22H,5,8,10-15H2,1H3,(H,28,31)(H,32,33). The Morgan fingerprint density at radius 1 is 1.40 bits per heavy atom. The molecular formula is C26H31FN2O6. The molecule has 188 valence electrons. The number of carbonyl (C=O) groups excluding carboxylic acids is 2. The fraction of sp³-hybridized carbons (Fsp3) is 0.500. The smallest absolute Gasteiger partial charge is 0.303 e. The second-order valence-corrected chi connectivity index (χ2v) is 9.47. The van der Waals surface area contributed by atoms with Crippen molar-refractivity contribution in [3.8, 4) is 5.75 Å². The van der Waals surface area contributed by atoms with E-state index in [4.69, 9.17) is 14.6 Å². The van der Waals surface area contributed by atoms with Crippen LogP contribution in [0.2, 0.25) is 0 Å².